The van der Waals surface area contributed by atoms with Gasteiger partial charge in [0.1, 0.15) is 11.6 Å². The van der Waals surface area contributed by atoms with Gasteiger partial charge in [-0.05, 0) is 19.9 Å². The van der Waals surface area contributed by atoms with Gasteiger partial charge in [0.2, 0.25) is 5.91 Å². The summed E-state index contributed by atoms with van der Waals surface area (Å²) in [5, 5.41) is 5.59. The first kappa shape index (κ1) is 14.3. The minimum absolute atomic E-state index is 0.0570. The van der Waals surface area contributed by atoms with Gasteiger partial charge >= 0.3 is 0 Å². The number of hydrogen-bond acceptors (Lipinski definition) is 5. The second kappa shape index (κ2) is 5.87. The summed E-state index contributed by atoms with van der Waals surface area (Å²) >= 11 is 1.50. The molecule has 20 heavy (non-hydrogen) atoms. The Hall–Kier alpha value is -2.15. The minimum atomic E-state index is -0.257. The van der Waals surface area contributed by atoms with Crippen molar-refractivity contribution in [1.82, 2.24) is 14.9 Å². The van der Waals surface area contributed by atoms with Crippen LogP contribution in [-0.4, -0.2) is 15.5 Å². The first-order chi connectivity index (χ1) is 9.45. The number of hydrogen-bond donors (Lipinski definition) is 2. The third-order valence-corrected chi connectivity index (χ3v) is 3.85. The van der Waals surface area contributed by atoms with E-state index in [1.165, 1.54) is 34.2 Å². The van der Waals surface area contributed by atoms with Crippen molar-refractivity contribution in [2.75, 3.05) is 5.73 Å². The number of nitrogens with one attached hydrogen (secondary N) is 1. The maximum absolute atomic E-state index is 11.9. The molecule has 1 amide bonds. The first-order valence-electron chi connectivity index (χ1n) is 6.13. The molecule has 0 aromatic carbocycles. The molecule has 0 spiro atoms. The van der Waals surface area contributed by atoms with Gasteiger partial charge in [0.15, 0.2) is 0 Å². The molecule has 0 saturated carbocycles. The van der Waals surface area contributed by atoms with E-state index in [0.29, 0.717) is 5.69 Å². The van der Waals surface area contributed by atoms with Crippen LogP contribution in [0.2, 0.25) is 0 Å². The number of amides is 1. The van der Waals surface area contributed by atoms with E-state index in [1.807, 2.05) is 19.2 Å². The van der Waals surface area contributed by atoms with E-state index in [4.69, 9.17) is 5.73 Å². The van der Waals surface area contributed by atoms with E-state index in [2.05, 4.69) is 10.3 Å². The van der Waals surface area contributed by atoms with Gasteiger partial charge in [0, 0.05) is 29.0 Å². The zero-order valence-corrected chi connectivity index (χ0v) is 12.1. The van der Waals surface area contributed by atoms with Crippen molar-refractivity contribution < 1.29 is 4.79 Å². The zero-order chi connectivity index (χ0) is 14.7. The summed E-state index contributed by atoms with van der Waals surface area (Å²) in [5.41, 5.74) is 6.72. The molecular weight excluding hydrogens is 276 g/mol. The van der Waals surface area contributed by atoms with E-state index < -0.39 is 0 Å². The molecule has 0 radical (unpaired) electrons. The van der Waals surface area contributed by atoms with Crippen molar-refractivity contribution in [2.24, 2.45) is 0 Å². The summed E-state index contributed by atoms with van der Waals surface area (Å²) in [6.45, 7) is 3.71. The Morgan fingerprint density at radius 2 is 2.30 bits per heavy atom. The van der Waals surface area contributed by atoms with E-state index in [0.717, 1.165) is 10.7 Å². The van der Waals surface area contributed by atoms with Crippen LogP contribution in [0.15, 0.2) is 28.5 Å². The maximum atomic E-state index is 11.9. The number of carbonyl (C=O) groups excluding carboxylic acids is 1. The summed E-state index contributed by atoms with van der Waals surface area (Å²) in [6.07, 6.45) is 1.46. The SMILES string of the molecule is Cc1csc(C(C)NC(=O)Cn2cc(N)ccc2=O)n1. The second-order valence-corrected chi connectivity index (χ2v) is 5.43. The molecule has 106 valence electrons. The topological polar surface area (TPSA) is 90.0 Å². The number of thiazole rings is 1. The molecular formula is C13H16N4O2S. The Morgan fingerprint density at radius 3 is 2.95 bits per heavy atom. The van der Waals surface area contributed by atoms with Crippen molar-refractivity contribution in [1.29, 1.82) is 0 Å². The molecule has 0 aliphatic heterocycles. The minimum Gasteiger partial charge on any atom is -0.398 e. The number of nitrogens with two attached hydrogens (primary N) is 1. The van der Waals surface area contributed by atoms with Gasteiger partial charge < -0.3 is 15.6 Å². The average molecular weight is 292 g/mol. The number of anilines is 1. The number of aromatic nitrogens is 2. The van der Waals surface area contributed by atoms with Crippen LogP contribution in [0.1, 0.15) is 23.7 Å². The molecule has 0 bridgehead atoms. The van der Waals surface area contributed by atoms with E-state index in [-0.39, 0.29) is 24.1 Å². The Balaban J connectivity index is 2.02. The van der Waals surface area contributed by atoms with Crippen molar-refractivity contribution in [3.8, 4) is 0 Å². The zero-order valence-electron chi connectivity index (χ0n) is 11.3. The number of aryl methyl sites for hydroxylation is 1. The van der Waals surface area contributed by atoms with Gasteiger partial charge in [-0.2, -0.15) is 0 Å². The lowest BCUT2D eigenvalue weighted by Gasteiger charge is -2.12. The molecule has 2 rings (SSSR count). The van der Waals surface area contributed by atoms with E-state index >= 15 is 0 Å². The summed E-state index contributed by atoms with van der Waals surface area (Å²) in [4.78, 5) is 27.8. The highest BCUT2D eigenvalue weighted by Crippen LogP contribution is 2.17. The predicted molar refractivity (Wildman–Crippen MR) is 78.5 cm³/mol. The van der Waals surface area contributed by atoms with E-state index in [9.17, 15) is 9.59 Å². The van der Waals surface area contributed by atoms with Crippen LogP contribution in [0, 0.1) is 6.92 Å². The Morgan fingerprint density at radius 1 is 1.55 bits per heavy atom. The molecule has 0 aliphatic carbocycles. The van der Waals surface area contributed by atoms with Crippen LogP contribution in [-0.2, 0) is 11.3 Å². The Kier molecular flexibility index (Phi) is 4.19. The van der Waals surface area contributed by atoms with Crippen LogP contribution in [0.4, 0.5) is 5.69 Å². The third kappa shape index (κ3) is 3.45. The average Bonchev–Trinajstić information content (AvgIpc) is 2.80. The predicted octanol–water partition coefficient (Wildman–Crippen LogP) is 1.07. The normalized spacial score (nSPS) is 12.1. The summed E-state index contributed by atoms with van der Waals surface area (Å²) < 4.78 is 1.28. The van der Waals surface area contributed by atoms with Crippen molar-refractivity contribution in [3.05, 3.63) is 44.8 Å². The van der Waals surface area contributed by atoms with Gasteiger partial charge in [-0.25, -0.2) is 4.98 Å². The third-order valence-electron chi connectivity index (χ3n) is 2.70. The van der Waals surface area contributed by atoms with Gasteiger partial charge in [0.25, 0.3) is 5.56 Å². The van der Waals surface area contributed by atoms with E-state index in [1.54, 1.807) is 0 Å². The Labute approximate surface area is 120 Å². The maximum Gasteiger partial charge on any atom is 0.251 e. The fourth-order valence-corrected chi connectivity index (χ4v) is 2.55. The highest BCUT2D eigenvalue weighted by molar-refractivity contribution is 7.09. The summed E-state index contributed by atoms with van der Waals surface area (Å²) in [7, 11) is 0. The molecule has 3 N–H and O–H groups in total. The van der Waals surface area contributed by atoms with Crippen LogP contribution in [0.5, 0.6) is 0 Å². The molecule has 0 saturated heterocycles. The molecule has 2 aromatic rings. The lowest BCUT2D eigenvalue weighted by atomic mass is 10.3. The van der Waals surface area contributed by atoms with Gasteiger partial charge in [-0.15, -0.1) is 11.3 Å². The molecule has 7 heteroatoms. The van der Waals surface area contributed by atoms with Crippen molar-refractivity contribution >= 4 is 22.9 Å². The van der Waals surface area contributed by atoms with Gasteiger partial charge in [-0.1, -0.05) is 0 Å². The lowest BCUT2D eigenvalue weighted by Crippen LogP contribution is -2.33. The lowest BCUT2D eigenvalue weighted by molar-refractivity contribution is -0.122. The molecule has 0 fully saturated rings. The van der Waals surface area contributed by atoms with Crippen LogP contribution in [0.25, 0.3) is 0 Å². The summed E-state index contributed by atoms with van der Waals surface area (Å²) in [6, 6.07) is 2.67. The fraction of sp³-hybridized carbons (Fsp3) is 0.308. The molecule has 1 atom stereocenters. The molecule has 0 aliphatic rings. The molecule has 2 heterocycles. The largest absolute Gasteiger partial charge is 0.398 e. The highest BCUT2D eigenvalue weighted by atomic mass is 32.1. The monoisotopic (exact) mass is 292 g/mol. The quantitative estimate of drug-likeness (QED) is 0.882. The van der Waals surface area contributed by atoms with Crippen LogP contribution >= 0.6 is 11.3 Å². The Bertz CT molecular complexity index is 677. The number of carbonyl (C=O) groups is 1. The van der Waals surface area contributed by atoms with Gasteiger partial charge in [-0.3, -0.25) is 9.59 Å². The second-order valence-electron chi connectivity index (χ2n) is 4.54. The van der Waals surface area contributed by atoms with Gasteiger partial charge in [0.05, 0.1) is 6.04 Å². The molecule has 1 unspecified atom stereocenters. The van der Waals surface area contributed by atoms with Crippen molar-refractivity contribution in [2.45, 2.75) is 26.4 Å². The number of nitrogen functional groups attached to an aromatic ring is 1. The van der Waals surface area contributed by atoms with Crippen molar-refractivity contribution in [3.63, 3.8) is 0 Å². The number of nitrogens with zero attached hydrogens (tertiary/aromatic N) is 2. The first-order valence-corrected chi connectivity index (χ1v) is 7.01. The smallest absolute Gasteiger partial charge is 0.251 e. The highest BCUT2D eigenvalue weighted by Gasteiger charge is 2.13. The molecule has 2 aromatic heterocycles. The van der Waals surface area contributed by atoms with Crippen LogP contribution in [0.3, 0.4) is 0 Å². The standard InChI is InChI=1S/C13H16N4O2S/c1-8-7-20-13(15-8)9(2)16-11(18)6-17-5-10(14)3-4-12(17)19/h3-5,7,9H,6,14H2,1-2H3,(H,16,18). The number of rotatable bonds is 4. The molecule has 6 nitrogen and oxygen atoms in total. The van der Waals surface area contributed by atoms with Crippen LogP contribution < -0.4 is 16.6 Å². The summed E-state index contributed by atoms with van der Waals surface area (Å²) in [5.74, 6) is -0.252. The number of pyridine rings is 1. The fourth-order valence-electron chi connectivity index (χ4n) is 1.75.